The summed E-state index contributed by atoms with van der Waals surface area (Å²) in [4.78, 5) is 11.6. The molecular formula is C14H22N4O. The molecule has 0 spiro atoms. The fraction of sp³-hybridized carbons (Fsp3) is 0.714. The number of hydrogen-bond donors (Lipinski definition) is 1. The Morgan fingerprint density at radius 3 is 3.00 bits per heavy atom. The van der Waals surface area contributed by atoms with Crippen molar-refractivity contribution in [2.75, 3.05) is 39.9 Å². The molecule has 2 aliphatic heterocycles. The summed E-state index contributed by atoms with van der Waals surface area (Å²) < 4.78 is 5.42. The van der Waals surface area contributed by atoms with E-state index in [1.807, 2.05) is 6.20 Å². The third kappa shape index (κ3) is 3.11. The number of piperazine rings is 1. The van der Waals surface area contributed by atoms with Crippen molar-refractivity contribution >= 4 is 0 Å². The van der Waals surface area contributed by atoms with Crippen LogP contribution in [0.4, 0.5) is 0 Å². The van der Waals surface area contributed by atoms with Gasteiger partial charge in [-0.05, 0) is 26.0 Å². The fourth-order valence-corrected chi connectivity index (χ4v) is 2.85. The summed E-state index contributed by atoms with van der Waals surface area (Å²) >= 11 is 0. The van der Waals surface area contributed by atoms with Crippen LogP contribution >= 0.6 is 0 Å². The van der Waals surface area contributed by atoms with Crippen LogP contribution in [-0.4, -0.2) is 54.8 Å². The van der Waals surface area contributed by atoms with E-state index in [-0.39, 0.29) is 6.04 Å². The fourth-order valence-electron chi connectivity index (χ4n) is 2.85. The lowest BCUT2D eigenvalue weighted by Crippen LogP contribution is -2.44. The van der Waals surface area contributed by atoms with Crippen molar-refractivity contribution in [1.82, 2.24) is 20.2 Å². The Bertz CT molecular complexity index is 420. The molecule has 19 heavy (non-hydrogen) atoms. The van der Waals surface area contributed by atoms with Gasteiger partial charge in [-0.3, -0.25) is 0 Å². The van der Waals surface area contributed by atoms with Gasteiger partial charge in [0, 0.05) is 50.7 Å². The van der Waals surface area contributed by atoms with Crippen LogP contribution < -0.4 is 5.32 Å². The Morgan fingerprint density at radius 1 is 1.37 bits per heavy atom. The van der Waals surface area contributed by atoms with Gasteiger partial charge < -0.3 is 15.0 Å². The molecule has 2 fully saturated rings. The Labute approximate surface area is 114 Å². The third-order valence-electron chi connectivity index (χ3n) is 4.03. The van der Waals surface area contributed by atoms with E-state index in [0.717, 1.165) is 51.5 Å². The quantitative estimate of drug-likeness (QED) is 0.860. The molecule has 5 nitrogen and oxygen atoms in total. The van der Waals surface area contributed by atoms with Crippen LogP contribution in [0.2, 0.25) is 0 Å². The first-order valence-electron chi connectivity index (χ1n) is 7.15. The van der Waals surface area contributed by atoms with E-state index >= 15 is 0 Å². The van der Waals surface area contributed by atoms with Gasteiger partial charge in [0.15, 0.2) is 0 Å². The average Bonchev–Trinajstić information content (AvgIpc) is 2.48. The van der Waals surface area contributed by atoms with E-state index in [4.69, 9.17) is 9.72 Å². The summed E-state index contributed by atoms with van der Waals surface area (Å²) in [5.74, 6) is 1.48. The van der Waals surface area contributed by atoms with Crippen molar-refractivity contribution < 1.29 is 4.74 Å². The standard InChI is InChI=1S/C14H22N4O/c1-18-7-6-15-13(10-18)14-16-5-2-12(17-14)11-3-8-19-9-4-11/h2,5,11,13,15H,3-4,6-10H2,1H3. The van der Waals surface area contributed by atoms with E-state index in [0.29, 0.717) is 5.92 Å². The zero-order chi connectivity index (χ0) is 13.1. The van der Waals surface area contributed by atoms with E-state index in [1.54, 1.807) is 0 Å². The van der Waals surface area contributed by atoms with Crippen LogP contribution in [0.1, 0.15) is 36.3 Å². The maximum Gasteiger partial charge on any atom is 0.146 e. The van der Waals surface area contributed by atoms with Gasteiger partial charge in [-0.1, -0.05) is 0 Å². The Balaban J connectivity index is 1.75. The molecule has 0 aliphatic carbocycles. The molecule has 2 saturated heterocycles. The highest BCUT2D eigenvalue weighted by molar-refractivity contribution is 5.11. The van der Waals surface area contributed by atoms with Crippen molar-refractivity contribution in [3.63, 3.8) is 0 Å². The van der Waals surface area contributed by atoms with Gasteiger partial charge in [0.25, 0.3) is 0 Å². The Morgan fingerprint density at radius 2 is 2.21 bits per heavy atom. The predicted molar refractivity (Wildman–Crippen MR) is 73.1 cm³/mol. The van der Waals surface area contributed by atoms with E-state index < -0.39 is 0 Å². The highest BCUT2D eigenvalue weighted by Gasteiger charge is 2.23. The van der Waals surface area contributed by atoms with Crippen LogP contribution in [0, 0.1) is 0 Å². The van der Waals surface area contributed by atoms with Gasteiger partial charge in [0.05, 0.1) is 6.04 Å². The lowest BCUT2D eigenvalue weighted by atomic mass is 9.96. The van der Waals surface area contributed by atoms with Crippen molar-refractivity contribution in [3.05, 3.63) is 23.8 Å². The topological polar surface area (TPSA) is 50.3 Å². The first kappa shape index (κ1) is 13.0. The van der Waals surface area contributed by atoms with Gasteiger partial charge in [-0.25, -0.2) is 9.97 Å². The summed E-state index contributed by atoms with van der Waals surface area (Å²) in [6.45, 7) is 4.79. The summed E-state index contributed by atoms with van der Waals surface area (Å²) in [6.07, 6.45) is 4.06. The summed E-state index contributed by atoms with van der Waals surface area (Å²) in [5, 5.41) is 3.50. The first-order valence-corrected chi connectivity index (χ1v) is 7.15. The number of likely N-dealkylation sites (N-methyl/N-ethyl adjacent to an activating group) is 1. The highest BCUT2D eigenvalue weighted by atomic mass is 16.5. The van der Waals surface area contributed by atoms with Crippen LogP contribution in [0.25, 0.3) is 0 Å². The predicted octanol–water partition coefficient (Wildman–Crippen LogP) is 0.947. The van der Waals surface area contributed by atoms with Crippen LogP contribution in [0.5, 0.6) is 0 Å². The van der Waals surface area contributed by atoms with E-state index in [2.05, 4.69) is 28.3 Å². The molecule has 2 aliphatic rings. The molecular weight excluding hydrogens is 240 g/mol. The molecule has 0 saturated carbocycles. The molecule has 1 N–H and O–H groups in total. The zero-order valence-corrected chi connectivity index (χ0v) is 11.5. The first-order chi connectivity index (χ1) is 9.33. The molecule has 3 rings (SSSR count). The summed E-state index contributed by atoms with van der Waals surface area (Å²) in [7, 11) is 2.15. The third-order valence-corrected chi connectivity index (χ3v) is 4.03. The minimum absolute atomic E-state index is 0.263. The monoisotopic (exact) mass is 262 g/mol. The molecule has 0 radical (unpaired) electrons. The summed E-state index contributed by atoms with van der Waals surface area (Å²) in [5.41, 5.74) is 1.18. The average molecular weight is 262 g/mol. The van der Waals surface area contributed by atoms with Gasteiger partial charge in [-0.2, -0.15) is 0 Å². The number of rotatable bonds is 2. The number of nitrogens with one attached hydrogen (secondary N) is 1. The minimum atomic E-state index is 0.263. The molecule has 3 heterocycles. The molecule has 0 amide bonds. The number of ether oxygens (including phenoxy) is 1. The van der Waals surface area contributed by atoms with Gasteiger partial charge >= 0.3 is 0 Å². The molecule has 5 heteroatoms. The van der Waals surface area contributed by atoms with Crippen LogP contribution in [-0.2, 0) is 4.74 Å². The molecule has 1 unspecified atom stereocenters. The van der Waals surface area contributed by atoms with E-state index in [1.165, 1.54) is 5.69 Å². The van der Waals surface area contributed by atoms with Crippen LogP contribution in [0.15, 0.2) is 12.3 Å². The number of hydrogen-bond acceptors (Lipinski definition) is 5. The molecule has 104 valence electrons. The maximum atomic E-state index is 5.42. The van der Waals surface area contributed by atoms with E-state index in [9.17, 15) is 0 Å². The van der Waals surface area contributed by atoms with Crippen molar-refractivity contribution in [1.29, 1.82) is 0 Å². The molecule has 0 bridgehead atoms. The zero-order valence-electron chi connectivity index (χ0n) is 11.5. The molecule has 1 aromatic rings. The van der Waals surface area contributed by atoms with Gasteiger partial charge in [0.2, 0.25) is 0 Å². The van der Waals surface area contributed by atoms with Gasteiger partial charge in [-0.15, -0.1) is 0 Å². The molecule has 1 atom stereocenters. The second-order valence-electron chi connectivity index (χ2n) is 5.50. The van der Waals surface area contributed by atoms with Crippen LogP contribution in [0.3, 0.4) is 0 Å². The SMILES string of the molecule is CN1CCNC(c2nccc(C3CCOCC3)n2)C1. The Kier molecular flexibility index (Phi) is 4.06. The second kappa shape index (κ2) is 5.94. The minimum Gasteiger partial charge on any atom is -0.381 e. The lowest BCUT2D eigenvalue weighted by molar-refractivity contribution is 0.0843. The second-order valence-corrected chi connectivity index (χ2v) is 5.50. The van der Waals surface area contributed by atoms with Crippen molar-refractivity contribution in [3.8, 4) is 0 Å². The lowest BCUT2D eigenvalue weighted by Gasteiger charge is -2.30. The van der Waals surface area contributed by atoms with Crippen molar-refractivity contribution in [2.24, 2.45) is 0 Å². The molecule has 0 aromatic carbocycles. The smallest absolute Gasteiger partial charge is 0.146 e. The maximum absolute atomic E-state index is 5.42. The Hall–Kier alpha value is -1.04. The number of nitrogens with zero attached hydrogens (tertiary/aromatic N) is 3. The molecule has 1 aromatic heterocycles. The number of aromatic nitrogens is 2. The van der Waals surface area contributed by atoms with Gasteiger partial charge in [0.1, 0.15) is 5.82 Å². The largest absolute Gasteiger partial charge is 0.381 e. The summed E-state index contributed by atoms with van der Waals surface area (Å²) in [6, 6.07) is 2.32. The highest BCUT2D eigenvalue weighted by Crippen LogP contribution is 2.25. The van der Waals surface area contributed by atoms with Crippen molar-refractivity contribution in [2.45, 2.75) is 24.8 Å². The normalized spacial score (nSPS) is 26.5.